The molecule has 2 N–H and O–H groups in total. The first-order valence-corrected chi connectivity index (χ1v) is 9.77. The molecule has 0 aliphatic carbocycles. The van der Waals surface area contributed by atoms with E-state index in [4.69, 9.17) is 9.47 Å². The van der Waals surface area contributed by atoms with E-state index in [0.29, 0.717) is 19.7 Å². The quantitative estimate of drug-likeness (QED) is 0.756. The van der Waals surface area contributed by atoms with E-state index in [9.17, 15) is 8.78 Å². The van der Waals surface area contributed by atoms with Gasteiger partial charge >= 0.3 is 0 Å². The number of alkyl halides is 2. The van der Waals surface area contributed by atoms with Crippen molar-refractivity contribution in [2.24, 2.45) is 0 Å². The first kappa shape index (κ1) is 18.7. The van der Waals surface area contributed by atoms with Crippen molar-refractivity contribution in [1.29, 1.82) is 0 Å². The number of fused-ring (bicyclic) bond motifs is 1. The Morgan fingerprint density at radius 3 is 2.85 bits per heavy atom. The van der Waals surface area contributed by atoms with E-state index in [1.54, 1.807) is 0 Å². The average Bonchev–Trinajstić information content (AvgIpc) is 3.10. The number of piperidine rings is 1. The number of aromatic nitrogens is 1. The van der Waals surface area contributed by atoms with Gasteiger partial charge in [0.2, 0.25) is 0 Å². The van der Waals surface area contributed by atoms with Crippen LogP contribution in [0.25, 0.3) is 10.9 Å². The summed E-state index contributed by atoms with van der Waals surface area (Å²) in [6.45, 7) is 4.78. The van der Waals surface area contributed by atoms with Crippen LogP contribution in [0.1, 0.15) is 31.1 Å². The van der Waals surface area contributed by atoms with Gasteiger partial charge in [-0.2, -0.15) is 0 Å². The van der Waals surface area contributed by atoms with Crippen LogP contribution < -0.4 is 10.1 Å². The third-order valence-electron chi connectivity index (χ3n) is 5.36. The van der Waals surface area contributed by atoms with Crippen LogP contribution in [0.15, 0.2) is 24.3 Å². The van der Waals surface area contributed by atoms with Gasteiger partial charge in [0, 0.05) is 62.2 Å². The Balaban J connectivity index is 1.26. The van der Waals surface area contributed by atoms with Crippen LogP contribution in [-0.2, 0) is 4.74 Å². The summed E-state index contributed by atoms with van der Waals surface area (Å²) in [5, 5.41) is 4.45. The summed E-state index contributed by atoms with van der Waals surface area (Å²) < 4.78 is 38.0. The number of halogens is 2. The SMILES string of the molecule is FC1(F)CCN(CCCOc2ccc3[nH]c(C4CNCCO4)cc3c2)CC1. The summed E-state index contributed by atoms with van der Waals surface area (Å²) >= 11 is 0. The smallest absolute Gasteiger partial charge is 0.250 e. The average molecular weight is 379 g/mol. The van der Waals surface area contributed by atoms with Crippen molar-refractivity contribution in [2.75, 3.05) is 45.9 Å². The Morgan fingerprint density at radius 2 is 2.07 bits per heavy atom. The number of benzene rings is 1. The van der Waals surface area contributed by atoms with E-state index < -0.39 is 5.92 Å². The van der Waals surface area contributed by atoms with Crippen molar-refractivity contribution in [3.05, 3.63) is 30.0 Å². The predicted octanol–water partition coefficient (Wildman–Crippen LogP) is 3.33. The summed E-state index contributed by atoms with van der Waals surface area (Å²) in [6, 6.07) is 8.14. The van der Waals surface area contributed by atoms with E-state index >= 15 is 0 Å². The number of morpholine rings is 1. The molecule has 0 saturated carbocycles. The molecule has 7 heteroatoms. The zero-order chi connectivity index (χ0) is 18.7. The first-order chi connectivity index (χ1) is 13.1. The molecule has 0 radical (unpaired) electrons. The molecular formula is C20H27F2N3O2. The van der Waals surface area contributed by atoms with Crippen LogP contribution in [0.2, 0.25) is 0 Å². The maximum absolute atomic E-state index is 13.2. The van der Waals surface area contributed by atoms with Gasteiger partial charge in [0.05, 0.1) is 13.2 Å². The lowest BCUT2D eigenvalue weighted by Crippen LogP contribution is -2.40. The molecule has 1 aromatic heterocycles. The van der Waals surface area contributed by atoms with Crippen LogP contribution in [0, 0.1) is 0 Å². The highest BCUT2D eigenvalue weighted by Crippen LogP contribution is 2.28. The third kappa shape index (κ3) is 4.78. The van der Waals surface area contributed by atoms with Crippen molar-refractivity contribution < 1.29 is 18.3 Å². The Labute approximate surface area is 158 Å². The van der Waals surface area contributed by atoms with Crippen LogP contribution in [-0.4, -0.2) is 61.7 Å². The molecule has 27 heavy (non-hydrogen) atoms. The zero-order valence-corrected chi connectivity index (χ0v) is 15.5. The van der Waals surface area contributed by atoms with E-state index in [1.807, 2.05) is 18.2 Å². The minimum Gasteiger partial charge on any atom is -0.494 e. The standard InChI is InChI=1S/C20H27F2N3O2/c21-20(22)4-8-25(9-5-20)7-1-10-26-16-2-3-17-15(12-16)13-18(24-17)19-14-23-6-11-27-19/h2-3,12-13,19,23-24H,1,4-11,14H2. The van der Waals surface area contributed by atoms with E-state index in [1.165, 1.54) is 0 Å². The number of hydrogen-bond donors (Lipinski definition) is 2. The molecule has 148 valence electrons. The molecule has 2 saturated heterocycles. The molecule has 4 rings (SSSR count). The second kappa shape index (κ2) is 8.12. The Kier molecular flexibility index (Phi) is 5.61. The number of hydrogen-bond acceptors (Lipinski definition) is 4. The number of ether oxygens (including phenoxy) is 2. The fourth-order valence-electron chi connectivity index (χ4n) is 3.74. The minimum absolute atomic E-state index is 0.0272. The Hall–Kier alpha value is -1.70. The van der Waals surface area contributed by atoms with Gasteiger partial charge in [-0.25, -0.2) is 8.78 Å². The molecule has 5 nitrogen and oxygen atoms in total. The number of nitrogens with zero attached hydrogens (tertiary/aromatic N) is 1. The molecular weight excluding hydrogens is 352 g/mol. The molecule has 0 spiro atoms. The highest BCUT2D eigenvalue weighted by molar-refractivity contribution is 5.82. The van der Waals surface area contributed by atoms with E-state index in [0.717, 1.165) is 55.0 Å². The number of aromatic amines is 1. The summed E-state index contributed by atoms with van der Waals surface area (Å²) in [5.41, 5.74) is 2.15. The lowest BCUT2D eigenvalue weighted by atomic mass is 10.1. The summed E-state index contributed by atoms with van der Waals surface area (Å²) in [7, 11) is 0. The lowest BCUT2D eigenvalue weighted by molar-refractivity contribution is -0.0554. The monoisotopic (exact) mass is 379 g/mol. The van der Waals surface area contributed by atoms with Crippen molar-refractivity contribution in [3.63, 3.8) is 0 Å². The maximum atomic E-state index is 13.2. The first-order valence-electron chi connectivity index (χ1n) is 9.77. The minimum atomic E-state index is -2.48. The van der Waals surface area contributed by atoms with Gasteiger partial charge in [0.15, 0.2) is 0 Å². The third-order valence-corrected chi connectivity index (χ3v) is 5.36. The van der Waals surface area contributed by atoms with Crippen molar-refractivity contribution >= 4 is 10.9 Å². The molecule has 2 aliphatic rings. The number of likely N-dealkylation sites (tertiary alicyclic amines) is 1. The van der Waals surface area contributed by atoms with E-state index in [2.05, 4.69) is 21.3 Å². The zero-order valence-electron chi connectivity index (χ0n) is 15.5. The summed E-state index contributed by atoms with van der Waals surface area (Å²) in [4.78, 5) is 5.52. The lowest BCUT2D eigenvalue weighted by Gasteiger charge is -2.31. The largest absolute Gasteiger partial charge is 0.494 e. The van der Waals surface area contributed by atoms with Gasteiger partial charge < -0.3 is 24.7 Å². The van der Waals surface area contributed by atoms with Crippen molar-refractivity contribution in [1.82, 2.24) is 15.2 Å². The highest BCUT2D eigenvalue weighted by Gasteiger charge is 2.33. The van der Waals surface area contributed by atoms with Gasteiger partial charge in [-0.3, -0.25) is 0 Å². The number of H-pyrrole nitrogens is 1. The molecule has 0 bridgehead atoms. The maximum Gasteiger partial charge on any atom is 0.250 e. The molecule has 3 heterocycles. The van der Waals surface area contributed by atoms with E-state index in [-0.39, 0.29) is 18.9 Å². The van der Waals surface area contributed by atoms with Gasteiger partial charge in [0.25, 0.3) is 5.92 Å². The van der Waals surface area contributed by atoms with Crippen molar-refractivity contribution in [2.45, 2.75) is 31.3 Å². The van der Waals surface area contributed by atoms with Crippen molar-refractivity contribution in [3.8, 4) is 5.75 Å². The molecule has 1 atom stereocenters. The molecule has 1 aromatic carbocycles. The van der Waals surface area contributed by atoms with Crippen LogP contribution in [0.3, 0.4) is 0 Å². The second-order valence-electron chi connectivity index (χ2n) is 7.44. The molecule has 2 fully saturated rings. The van der Waals surface area contributed by atoms with Gasteiger partial charge in [0.1, 0.15) is 11.9 Å². The number of nitrogens with one attached hydrogen (secondary N) is 2. The fourth-order valence-corrected chi connectivity index (χ4v) is 3.74. The molecule has 0 amide bonds. The van der Waals surface area contributed by atoms with Crippen LogP contribution >= 0.6 is 0 Å². The molecule has 2 aliphatic heterocycles. The Bertz CT molecular complexity index is 749. The summed E-state index contributed by atoms with van der Waals surface area (Å²) in [6.07, 6.45) is 0.845. The topological polar surface area (TPSA) is 49.5 Å². The predicted molar refractivity (Wildman–Crippen MR) is 101 cm³/mol. The highest BCUT2D eigenvalue weighted by atomic mass is 19.3. The van der Waals surface area contributed by atoms with Crippen LogP contribution in [0.4, 0.5) is 8.78 Å². The molecule has 1 unspecified atom stereocenters. The Morgan fingerprint density at radius 1 is 1.22 bits per heavy atom. The van der Waals surface area contributed by atoms with Gasteiger partial charge in [-0.05, 0) is 30.7 Å². The van der Waals surface area contributed by atoms with Gasteiger partial charge in [-0.15, -0.1) is 0 Å². The summed E-state index contributed by atoms with van der Waals surface area (Å²) in [5.74, 6) is -1.64. The van der Waals surface area contributed by atoms with Gasteiger partial charge in [-0.1, -0.05) is 0 Å². The normalized spacial score (nSPS) is 23.6. The fraction of sp³-hybridized carbons (Fsp3) is 0.600. The van der Waals surface area contributed by atoms with Crippen LogP contribution in [0.5, 0.6) is 5.75 Å². The second-order valence-corrected chi connectivity index (χ2v) is 7.44. The number of rotatable bonds is 6. The molecule has 2 aromatic rings.